The van der Waals surface area contributed by atoms with Crippen molar-refractivity contribution in [1.82, 2.24) is 0 Å². The van der Waals surface area contributed by atoms with Crippen molar-refractivity contribution in [1.29, 1.82) is 0 Å². The fraction of sp³-hybridized carbons (Fsp3) is 0.240. The number of rotatable bonds is 7. The number of phenolic OH excluding ortho intramolecular Hbond substituents is 4. The Morgan fingerprint density at radius 3 is 1.49 bits per heavy atom. The SMILES string of the molecule is O=C(/C=C/c1ccc(O)c(O)c1)[C@@H]1CC(O)(C(=O)O)C[C@@H](C(=O)/C=C/c2ccc(O)c(O)c2)C1O. The number of aromatic hydroxyl groups is 4. The van der Waals surface area contributed by atoms with Crippen LogP contribution in [0.3, 0.4) is 0 Å². The fourth-order valence-electron chi connectivity index (χ4n) is 3.94. The van der Waals surface area contributed by atoms with Crippen LogP contribution in [-0.4, -0.2) is 65.0 Å². The van der Waals surface area contributed by atoms with Gasteiger partial charge < -0.3 is 35.7 Å². The van der Waals surface area contributed by atoms with Crippen LogP contribution in [0.15, 0.2) is 48.6 Å². The first kappa shape index (κ1) is 25.5. The van der Waals surface area contributed by atoms with Crippen LogP contribution in [0.2, 0.25) is 0 Å². The first-order valence-corrected chi connectivity index (χ1v) is 10.5. The van der Waals surface area contributed by atoms with Crippen LogP contribution < -0.4 is 0 Å². The molecule has 10 nitrogen and oxygen atoms in total. The van der Waals surface area contributed by atoms with Gasteiger partial charge in [0.15, 0.2) is 40.2 Å². The van der Waals surface area contributed by atoms with Gasteiger partial charge in [-0.2, -0.15) is 0 Å². The Hall–Kier alpha value is -4.15. The number of benzene rings is 2. The molecule has 0 amide bonds. The minimum absolute atomic E-state index is 0.333. The molecule has 1 aliphatic carbocycles. The molecule has 1 saturated carbocycles. The molecule has 10 heteroatoms. The van der Waals surface area contributed by atoms with Gasteiger partial charge in [-0.25, -0.2) is 4.79 Å². The number of carboxylic acid groups (broad SMARTS) is 1. The summed E-state index contributed by atoms with van der Waals surface area (Å²) >= 11 is 0. The molecule has 0 aliphatic heterocycles. The highest BCUT2D eigenvalue weighted by molar-refractivity contribution is 6.00. The summed E-state index contributed by atoms with van der Waals surface area (Å²) in [5.41, 5.74) is -1.77. The normalized spacial score (nSPS) is 24.6. The summed E-state index contributed by atoms with van der Waals surface area (Å²) in [5, 5.41) is 68.8. The second-order valence-corrected chi connectivity index (χ2v) is 8.42. The Morgan fingerprint density at radius 1 is 0.743 bits per heavy atom. The minimum Gasteiger partial charge on any atom is -0.504 e. The van der Waals surface area contributed by atoms with Crippen molar-refractivity contribution in [2.75, 3.05) is 0 Å². The molecule has 0 heterocycles. The largest absolute Gasteiger partial charge is 0.504 e. The topological polar surface area (TPSA) is 193 Å². The molecule has 7 N–H and O–H groups in total. The molecule has 0 radical (unpaired) electrons. The Morgan fingerprint density at radius 2 is 1.14 bits per heavy atom. The molecule has 3 rings (SSSR count). The summed E-state index contributed by atoms with van der Waals surface area (Å²) in [6.07, 6.45) is 1.78. The van der Waals surface area contributed by atoms with E-state index in [4.69, 9.17) is 0 Å². The molecule has 0 spiro atoms. The van der Waals surface area contributed by atoms with E-state index in [-0.39, 0.29) is 11.5 Å². The van der Waals surface area contributed by atoms with Gasteiger partial charge in [-0.3, -0.25) is 9.59 Å². The van der Waals surface area contributed by atoms with Crippen molar-refractivity contribution in [3.05, 3.63) is 59.7 Å². The molecular formula is C25H24O10. The van der Waals surface area contributed by atoms with Crippen molar-refractivity contribution in [2.24, 2.45) is 11.8 Å². The molecule has 184 valence electrons. The van der Waals surface area contributed by atoms with Crippen molar-refractivity contribution in [3.8, 4) is 23.0 Å². The lowest BCUT2D eigenvalue weighted by atomic mass is 9.67. The number of phenols is 4. The van der Waals surface area contributed by atoms with Gasteiger partial charge in [-0.1, -0.05) is 24.3 Å². The zero-order chi connectivity index (χ0) is 25.9. The maximum absolute atomic E-state index is 12.8. The molecule has 1 fully saturated rings. The molecule has 0 unspecified atom stereocenters. The predicted octanol–water partition coefficient (Wildman–Crippen LogP) is 1.58. The third kappa shape index (κ3) is 5.68. The van der Waals surface area contributed by atoms with Crippen molar-refractivity contribution in [2.45, 2.75) is 24.5 Å². The first-order valence-electron chi connectivity index (χ1n) is 10.5. The smallest absolute Gasteiger partial charge is 0.335 e. The van der Waals surface area contributed by atoms with E-state index in [1.54, 1.807) is 0 Å². The highest BCUT2D eigenvalue weighted by Crippen LogP contribution is 2.39. The number of ketones is 2. The zero-order valence-corrected chi connectivity index (χ0v) is 18.3. The van der Waals surface area contributed by atoms with E-state index < -0.39 is 65.4 Å². The molecule has 2 atom stereocenters. The lowest BCUT2D eigenvalue weighted by molar-refractivity contribution is -0.174. The van der Waals surface area contributed by atoms with Gasteiger partial charge >= 0.3 is 5.97 Å². The Balaban J connectivity index is 1.84. The van der Waals surface area contributed by atoms with Gasteiger partial charge in [-0.05, 0) is 60.4 Å². The molecule has 1 aliphatic rings. The number of aliphatic hydroxyl groups is 2. The average Bonchev–Trinajstić information content (AvgIpc) is 2.81. The van der Waals surface area contributed by atoms with Gasteiger partial charge in [0.25, 0.3) is 0 Å². The van der Waals surface area contributed by atoms with E-state index in [1.807, 2.05) is 0 Å². The van der Waals surface area contributed by atoms with Crippen molar-refractivity contribution >= 4 is 29.7 Å². The Kier molecular flexibility index (Phi) is 7.28. The standard InChI is InChI=1S/C25H24O10/c26-17(5-1-13-3-7-19(28)21(30)9-13)15-11-25(35,24(33)34)12-16(23(15)32)18(27)6-2-14-4-8-20(29)22(31)10-14/h1-10,15-16,23,28-32,35H,11-12H2,(H,33,34)/b5-1+,6-2+/t15-,16-,23?,25?/m0/s1. The van der Waals surface area contributed by atoms with E-state index in [0.29, 0.717) is 11.1 Å². The van der Waals surface area contributed by atoms with Crippen LogP contribution in [-0.2, 0) is 14.4 Å². The highest BCUT2D eigenvalue weighted by atomic mass is 16.4. The maximum Gasteiger partial charge on any atom is 0.335 e. The second kappa shape index (κ2) is 10.00. The number of carbonyl (C=O) groups excluding carboxylic acids is 2. The number of hydrogen-bond acceptors (Lipinski definition) is 9. The van der Waals surface area contributed by atoms with E-state index in [0.717, 1.165) is 12.2 Å². The predicted molar refractivity (Wildman–Crippen MR) is 122 cm³/mol. The van der Waals surface area contributed by atoms with Crippen LogP contribution in [0.25, 0.3) is 12.2 Å². The summed E-state index contributed by atoms with van der Waals surface area (Å²) in [6, 6.07) is 7.58. The summed E-state index contributed by atoms with van der Waals surface area (Å²) < 4.78 is 0. The van der Waals surface area contributed by atoms with Crippen LogP contribution >= 0.6 is 0 Å². The number of hydrogen-bond donors (Lipinski definition) is 7. The van der Waals surface area contributed by atoms with Gasteiger partial charge in [-0.15, -0.1) is 0 Å². The minimum atomic E-state index is -2.44. The summed E-state index contributed by atoms with van der Waals surface area (Å²) in [4.78, 5) is 37.4. The number of aliphatic carboxylic acids is 1. The van der Waals surface area contributed by atoms with Crippen molar-refractivity contribution < 1.29 is 50.1 Å². The first-order chi connectivity index (χ1) is 16.4. The van der Waals surface area contributed by atoms with E-state index in [2.05, 4.69) is 0 Å². The summed E-state index contributed by atoms with van der Waals surface area (Å²) in [5.74, 6) is -7.50. The van der Waals surface area contributed by atoms with Gasteiger partial charge in [0.1, 0.15) is 0 Å². The van der Waals surface area contributed by atoms with Gasteiger partial charge in [0.05, 0.1) is 17.9 Å². The Bertz CT molecular complexity index is 1130. The molecule has 2 aromatic rings. The van der Waals surface area contributed by atoms with Crippen LogP contribution in [0.1, 0.15) is 24.0 Å². The number of carbonyl (C=O) groups is 3. The van der Waals surface area contributed by atoms with Gasteiger partial charge in [0.2, 0.25) is 0 Å². The third-order valence-electron chi connectivity index (χ3n) is 5.95. The molecular weight excluding hydrogens is 460 g/mol. The lowest BCUT2D eigenvalue weighted by Gasteiger charge is -2.40. The maximum atomic E-state index is 12.8. The van der Waals surface area contributed by atoms with E-state index >= 15 is 0 Å². The molecule has 0 aromatic heterocycles. The monoisotopic (exact) mass is 484 g/mol. The van der Waals surface area contributed by atoms with Crippen LogP contribution in [0, 0.1) is 11.8 Å². The molecule has 0 bridgehead atoms. The van der Waals surface area contributed by atoms with Crippen LogP contribution in [0.5, 0.6) is 23.0 Å². The average molecular weight is 484 g/mol. The number of aliphatic hydroxyl groups excluding tert-OH is 1. The van der Waals surface area contributed by atoms with Crippen molar-refractivity contribution in [3.63, 3.8) is 0 Å². The Labute approximate surface area is 199 Å². The van der Waals surface area contributed by atoms with Gasteiger partial charge in [0, 0.05) is 0 Å². The molecule has 35 heavy (non-hydrogen) atoms. The summed E-state index contributed by atoms with van der Waals surface area (Å²) in [7, 11) is 0. The lowest BCUT2D eigenvalue weighted by Crippen LogP contribution is -2.54. The number of carboxylic acids is 1. The summed E-state index contributed by atoms with van der Waals surface area (Å²) in [6.45, 7) is 0. The highest BCUT2D eigenvalue weighted by Gasteiger charge is 2.52. The van der Waals surface area contributed by atoms with E-state index in [9.17, 15) is 50.1 Å². The third-order valence-corrected chi connectivity index (χ3v) is 5.95. The molecule has 0 saturated heterocycles. The second-order valence-electron chi connectivity index (χ2n) is 8.42. The zero-order valence-electron chi connectivity index (χ0n) is 18.3. The molecule has 2 aromatic carbocycles. The van der Waals surface area contributed by atoms with E-state index in [1.165, 1.54) is 48.6 Å². The van der Waals surface area contributed by atoms with Crippen LogP contribution in [0.4, 0.5) is 0 Å². The number of allylic oxidation sites excluding steroid dienone is 2. The fourth-order valence-corrected chi connectivity index (χ4v) is 3.94. The quantitative estimate of drug-likeness (QED) is 0.224.